The first-order valence-electron chi connectivity index (χ1n) is 11.2. The third-order valence-electron chi connectivity index (χ3n) is 6.18. The van der Waals surface area contributed by atoms with Gasteiger partial charge in [0.15, 0.2) is 5.69 Å². The molecule has 2 aliphatic heterocycles. The number of para-hydroxylation sites is 1. The first kappa shape index (κ1) is 22.5. The lowest BCUT2D eigenvalue weighted by Gasteiger charge is -2.29. The number of methoxy groups -OCH3 is 1. The summed E-state index contributed by atoms with van der Waals surface area (Å²) in [7, 11) is 1.55. The van der Waals surface area contributed by atoms with Crippen LogP contribution in [0.15, 0.2) is 54.9 Å². The molecule has 1 saturated heterocycles. The molecule has 0 radical (unpaired) electrons. The van der Waals surface area contributed by atoms with Crippen LogP contribution in [0.5, 0.6) is 0 Å². The van der Waals surface area contributed by atoms with Gasteiger partial charge in [0.25, 0.3) is 11.8 Å². The Hall–Kier alpha value is -4.31. The average molecular weight is 473 g/mol. The molecule has 35 heavy (non-hydrogen) atoms. The molecular weight excluding hydrogens is 450 g/mol. The summed E-state index contributed by atoms with van der Waals surface area (Å²) in [4.78, 5) is 55.5. The number of carbonyl (C=O) groups is 4. The number of amides is 4. The van der Waals surface area contributed by atoms with E-state index in [0.29, 0.717) is 28.9 Å². The number of fused-ring (bicyclic) bond motifs is 1. The van der Waals surface area contributed by atoms with Gasteiger partial charge < -0.3 is 19.5 Å². The van der Waals surface area contributed by atoms with Gasteiger partial charge in [0.05, 0.1) is 12.3 Å². The molecule has 2 aliphatic rings. The third-order valence-corrected chi connectivity index (χ3v) is 6.18. The highest BCUT2D eigenvalue weighted by atomic mass is 16.5. The molecule has 4 amide bonds. The van der Waals surface area contributed by atoms with Gasteiger partial charge in [-0.1, -0.05) is 18.2 Å². The molecule has 1 unspecified atom stereocenters. The Kier molecular flexibility index (Phi) is 5.87. The Morgan fingerprint density at radius 3 is 2.71 bits per heavy atom. The van der Waals surface area contributed by atoms with Crippen molar-refractivity contribution in [1.29, 1.82) is 0 Å². The number of carbonyl (C=O) groups excluding carboxylic acids is 4. The molecule has 5 rings (SSSR count). The van der Waals surface area contributed by atoms with Gasteiger partial charge in [-0.05, 0) is 42.3 Å². The lowest BCUT2D eigenvalue weighted by Crippen LogP contribution is -2.52. The van der Waals surface area contributed by atoms with E-state index < -0.39 is 17.9 Å². The number of imide groups is 1. The molecule has 1 aromatic heterocycles. The standard InChI is InChI=1S/C25H23N5O5/c1-35-13-20-22(26-14-30(20)17-5-3-2-4-6-17)24(33)27-16-7-8-18-15(11-16)12-29(25(18)34)19-9-10-21(31)28-23(19)32/h2-8,11,14,19H,9-10,12-13H2,1H3,(H,27,33)(H,28,31,32). The maximum absolute atomic E-state index is 13.1. The normalized spacial score (nSPS) is 17.3. The highest BCUT2D eigenvalue weighted by Gasteiger charge is 2.39. The molecule has 0 spiro atoms. The van der Waals surface area contributed by atoms with E-state index in [-0.39, 0.29) is 37.1 Å². The van der Waals surface area contributed by atoms with Gasteiger partial charge in [0.1, 0.15) is 12.4 Å². The summed E-state index contributed by atoms with van der Waals surface area (Å²) in [5.74, 6) is -1.46. The molecule has 1 fully saturated rings. The number of piperidine rings is 1. The maximum Gasteiger partial charge on any atom is 0.276 e. The number of anilines is 1. The van der Waals surface area contributed by atoms with Crippen LogP contribution < -0.4 is 10.6 Å². The SMILES string of the molecule is COCc1c(C(=O)Nc2ccc3c(c2)CN(C2CCC(=O)NC2=O)C3=O)ncn1-c1ccccc1. The van der Waals surface area contributed by atoms with Gasteiger partial charge in [-0.25, -0.2) is 4.98 Å². The van der Waals surface area contributed by atoms with Crippen LogP contribution in [0.25, 0.3) is 5.69 Å². The first-order chi connectivity index (χ1) is 17.0. The summed E-state index contributed by atoms with van der Waals surface area (Å²) >= 11 is 0. The van der Waals surface area contributed by atoms with Gasteiger partial charge in [0.2, 0.25) is 11.8 Å². The average Bonchev–Trinajstić information content (AvgIpc) is 3.41. The lowest BCUT2D eigenvalue weighted by atomic mass is 10.0. The maximum atomic E-state index is 13.1. The van der Waals surface area contributed by atoms with Crippen molar-refractivity contribution < 1.29 is 23.9 Å². The fraction of sp³-hybridized carbons (Fsp3) is 0.240. The summed E-state index contributed by atoms with van der Waals surface area (Å²) < 4.78 is 7.11. The summed E-state index contributed by atoms with van der Waals surface area (Å²) in [5, 5.41) is 5.14. The molecule has 1 atom stereocenters. The molecule has 0 bridgehead atoms. The molecular formula is C25H23N5O5. The summed E-state index contributed by atoms with van der Waals surface area (Å²) in [5.41, 5.74) is 3.37. The second kappa shape index (κ2) is 9.15. The van der Waals surface area contributed by atoms with Crippen molar-refractivity contribution in [3.63, 3.8) is 0 Å². The van der Waals surface area contributed by atoms with Gasteiger partial charge in [0, 0.05) is 37.0 Å². The predicted octanol–water partition coefficient (Wildman–Crippen LogP) is 2.03. The molecule has 10 nitrogen and oxygen atoms in total. The number of rotatable bonds is 6. The van der Waals surface area contributed by atoms with E-state index in [0.717, 1.165) is 5.69 Å². The van der Waals surface area contributed by atoms with Gasteiger partial charge in [-0.3, -0.25) is 24.5 Å². The van der Waals surface area contributed by atoms with Crippen molar-refractivity contribution >= 4 is 29.3 Å². The largest absolute Gasteiger partial charge is 0.378 e. The summed E-state index contributed by atoms with van der Waals surface area (Å²) in [6.45, 7) is 0.416. The van der Waals surface area contributed by atoms with Gasteiger partial charge in [-0.15, -0.1) is 0 Å². The molecule has 3 aromatic rings. The van der Waals surface area contributed by atoms with E-state index in [9.17, 15) is 19.2 Å². The summed E-state index contributed by atoms with van der Waals surface area (Å²) in [6, 6.07) is 13.8. The smallest absolute Gasteiger partial charge is 0.276 e. The van der Waals surface area contributed by atoms with Crippen molar-refractivity contribution in [2.24, 2.45) is 0 Å². The quantitative estimate of drug-likeness (QED) is 0.528. The van der Waals surface area contributed by atoms with Gasteiger partial charge >= 0.3 is 0 Å². The zero-order chi connectivity index (χ0) is 24.5. The Balaban J connectivity index is 1.35. The Morgan fingerprint density at radius 2 is 1.97 bits per heavy atom. The fourth-order valence-electron chi connectivity index (χ4n) is 4.49. The number of hydrogen-bond donors (Lipinski definition) is 2. The van der Waals surface area contributed by atoms with E-state index in [1.54, 1.807) is 36.2 Å². The van der Waals surface area contributed by atoms with Crippen molar-refractivity contribution in [1.82, 2.24) is 19.8 Å². The number of benzene rings is 2. The van der Waals surface area contributed by atoms with Crippen molar-refractivity contribution in [2.75, 3.05) is 12.4 Å². The molecule has 0 saturated carbocycles. The fourth-order valence-corrected chi connectivity index (χ4v) is 4.49. The number of ether oxygens (including phenoxy) is 1. The lowest BCUT2D eigenvalue weighted by molar-refractivity contribution is -0.136. The summed E-state index contributed by atoms with van der Waals surface area (Å²) in [6.07, 6.45) is 2.06. The van der Waals surface area contributed by atoms with Crippen LogP contribution in [-0.4, -0.2) is 51.2 Å². The molecule has 2 N–H and O–H groups in total. The zero-order valence-electron chi connectivity index (χ0n) is 19.0. The Morgan fingerprint density at radius 1 is 1.17 bits per heavy atom. The van der Waals surface area contributed by atoms with Crippen molar-refractivity contribution in [3.8, 4) is 5.69 Å². The zero-order valence-corrected chi connectivity index (χ0v) is 19.0. The minimum Gasteiger partial charge on any atom is -0.378 e. The molecule has 178 valence electrons. The van der Waals surface area contributed by atoms with E-state index in [2.05, 4.69) is 15.6 Å². The van der Waals surface area contributed by atoms with Crippen molar-refractivity contribution in [3.05, 3.63) is 77.4 Å². The second-order valence-electron chi connectivity index (χ2n) is 8.40. The third kappa shape index (κ3) is 4.19. The number of nitrogens with one attached hydrogen (secondary N) is 2. The number of aromatic nitrogens is 2. The minimum absolute atomic E-state index is 0.192. The number of nitrogens with zero attached hydrogens (tertiary/aromatic N) is 3. The minimum atomic E-state index is -0.691. The monoisotopic (exact) mass is 473 g/mol. The molecule has 10 heteroatoms. The van der Waals surface area contributed by atoms with Crippen LogP contribution in [-0.2, 0) is 27.5 Å². The van der Waals surface area contributed by atoms with Crippen LogP contribution in [0.2, 0.25) is 0 Å². The topological polar surface area (TPSA) is 123 Å². The highest BCUT2D eigenvalue weighted by molar-refractivity contribution is 6.07. The highest BCUT2D eigenvalue weighted by Crippen LogP contribution is 2.29. The molecule has 2 aromatic carbocycles. The number of imidazole rings is 1. The van der Waals surface area contributed by atoms with E-state index in [1.165, 1.54) is 4.90 Å². The van der Waals surface area contributed by atoms with E-state index >= 15 is 0 Å². The first-order valence-corrected chi connectivity index (χ1v) is 11.2. The Labute approximate surface area is 200 Å². The number of hydrogen-bond acceptors (Lipinski definition) is 6. The van der Waals surface area contributed by atoms with Crippen LogP contribution >= 0.6 is 0 Å². The van der Waals surface area contributed by atoms with Crippen LogP contribution in [0.3, 0.4) is 0 Å². The van der Waals surface area contributed by atoms with E-state index in [1.807, 2.05) is 30.3 Å². The molecule has 0 aliphatic carbocycles. The van der Waals surface area contributed by atoms with Crippen molar-refractivity contribution in [2.45, 2.75) is 32.0 Å². The van der Waals surface area contributed by atoms with Gasteiger partial charge in [-0.2, -0.15) is 0 Å². The molecule has 3 heterocycles. The van der Waals surface area contributed by atoms with E-state index in [4.69, 9.17) is 4.74 Å². The van der Waals surface area contributed by atoms with Crippen LogP contribution in [0, 0.1) is 0 Å². The Bertz CT molecular complexity index is 1330. The second-order valence-corrected chi connectivity index (χ2v) is 8.40. The van der Waals surface area contributed by atoms with Crippen LogP contribution in [0.1, 0.15) is 44.9 Å². The predicted molar refractivity (Wildman–Crippen MR) is 125 cm³/mol. The van der Waals surface area contributed by atoms with Crippen LogP contribution in [0.4, 0.5) is 5.69 Å².